The first-order valence-electron chi connectivity index (χ1n) is 11.0. The highest BCUT2D eigenvalue weighted by Gasteiger charge is 2.40. The zero-order chi connectivity index (χ0) is 21.4. The molecule has 31 heavy (non-hydrogen) atoms. The van der Waals surface area contributed by atoms with E-state index < -0.39 is 11.9 Å². The summed E-state index contributed by atoms with van der Waals surface area (Å²) in [6.07, 6.45) is 4.14. The summed E-state index contributed by atoms with van der Waals surface area (Å²) in [4.78, 5) is 28.3. The van der Waals surface area contributed by atoms with Gasteiger partial charge in [-0.1, -0.05) is 66.7 Å². The largest absolute Gasteiger partial charge is 0.368 e. The van der Waals surface area contributed by atoms with Gasteiger partial charge in [-0.15, -0.1) is 0 Å². The molecule has 2 amide bonds. The minimum atomic E-state index is -0.825. The predicted molar refractivity (Wildman–Crippen MR) is 120 cm³/mol. The fraction of sp³-hybridized carbons (Fsp3) is 0.259. The van der Waals surface area contributed by atoms with Crippen LogP contribution < -0.4 is 5.73 Å². The van der Waals surface area contributed by atoms with Crippen molar-refractivity contribution in [3.8, 4) is 0 Å². The quantitative estimate of drug-likeness (QED) is 0.627. The number of primary amides is 1. The Balaban J connectivity index is 1.62. The summed E-state index contributed by atoms with van der Waals surface area (Å²) in [6.45, 7) is 0. The molecule has 1 unspecified atom stereocenters. The van der Waals surface area contributed by atoms with Gasteiger partial charge >= 0.3 is 0 Å². The fourth-order valence-electron chi connectivity index (χ4n) is 4.82. The van der Waals surface area contributed by atoms with Crippen molar-refractivity contribution >= 4 is 11.8 Å². The lowest BCUT2D eigenvalue weighted by molar-refractivity contribution is -0.123. The van der Waals surface area contributed by atoms with Crippen LogP contribution in [0, 0.1) is 0 Å². The van der Waals surface area contributed by atoms with E-state index >= 15 is 0 Å². The number of fused-ring (bicyclic) bond motifs is 1. The second-order valence-electron chi connectivity index (χ2n) is 8.58. The Hall–Kier alpha value is -3.40. The van der Waals surface area contributed by atoms with Crippen molar-refractivity contribution in [1.29, 1.82) is 0 Å². The Morgan fingerprint density at radius 1 is 0.871 bits per heavy atom. The molecule has 2 aliphatic carbocycles. The van der Waals surface area contributed by atoms with Crippen molar-refractivity contribution < 1.29 is 9.59 Å². The molecule has 0 saturated heterocycles. The molecule has 0 heterocycles. The van der Waals surface area contributed by atoms with Crippen LogP contribution in [0.2, 0.25) is 0 Å². The third-order valence-corrected chi connectivity index (χ3v) is 6.52. The number of rotatable bonds is 6. The Labute approximate surface area is 182 Å². The number of carbonyl (C=O) groups is 2. The molecule has 4 nitrogen and oxygen atoms in total. The van der Waals surface area contributed by atoms with Crippen molar-refractivity contribution in [2.24, 2.45) is 5.73 Å². The average Bonchev–Trinajstić information content (AvgIpc) is 3.58. The number of hydrogen-bond acceptors (Lipinski definition) is 2. The standard InChI is InChI=1S/C27H26N2O2/c28-26(30)25(20-7-3-1-4-8-20)29(27(31)21-9-5-2-6-10-21)24-16-15-19-13-14-22(17-23(19)24)18-11-12-18/h1-10,13-14,17-18,24-25H,11-12,15-16H2,(H2,28,30)/t24-,25?/m1/s1. The minimum Gasteiger partial charge on any atom is -0.368 e. The van der Waals surface area contributed by atoms with Gasteiger partial charge < -0.3 is 10.6 Å². The third kappa shape index (κ3) is 3.74. The van der Waals surface area contributed by atoms with E-state index in [1.165, 1.54) is 24.0 Å². The molecular weight excluding hydrogens is 384 g/mol. The lowest BCUT2D eigenvalue weighted by atomic mass is 9.96. The maximum absolute atomic E-state index is 13.8. The van der Waals surface area contributed by atoms with Gasteiger partial charge in [-0.25, -0.2) is 0 Å². The molecule has 5 rings (SSSR count). The van der Waals surface area contributed by atoms with Crippen LogP contribution in [0.1, 0.15) is 69.9 Å². The summed E-state index contributed by atoms with van der Waals surface area (Å²) in [6, 6.07) is 24.3. The SMILES string of the molecule is NC(=O)C(c1ccccc1)N(C(=O)c1ccccc1)[C@@H]1CCc2ccc(C3CC3)cc21. The van der Waals surface area contributed by atoms with E-state index in [1.807, 2.05) is 48.5 Å². The smallest absolute Gasteiger partial charge is 0.255 e. The normalized spacial score (nSPS) is 18.3. The zero-order valence-corrected chi connectivity index (χ0v) is 17.4. The summed E-state index contributed by atoms with van der Waals surface area (Å²) in [7, 11) is 0. The highest BCUT2D eigenvalue weighted by atomic mass is 16.2. The number of aryl methyl sites for hydroxylation is 1. The molecule has 0 spiro atoms. The van der Waals surface area contributed by atoms with Crippen LogP contribution >= 0.6 is 0 Å². The third-order valence-electron chi connectivity index (χ3n) is 6.52. The number of nitrogens with two attached hydrogens (primary N) is 1. The number of amides is 2. The Bertz CT molecular complexity index is 1110. The van der Waals surface area contributed by atoms with Gasteiger partial charge in [-0.2, -0.15) is 0 Å². The number of benzene rings is 3. The second kappa shape index (κ2) is 8.03. The first-order valence-corrected chi connectivity index (χ1v) is 11.0. The van der Waals surface area contributed by atoms with E-state index in [2.05, 4.69) is 18.2 Å². The number of nitrogens with zero attached hydrogens (tertiary/aromatic N) is 1. The summed E-state index contributed by atoms with van der Waals surface area (Å²) in [5, 5.41) is 0. The van der Waals surface area contributed by atoms with Crippen LogP contribution in [0.5, 0.6) is 0 Å². The first kappa shape index (κ1) is 19.6. The molecule has 0 aromatic heterocycles. The maximum Gasteiger partial charge on any atom is 0.255 e. The summed E-state index contributed by atoms with van der Waals surface area (Å²) >= 11 is 0. The molecule has 1 saturated carbocycles. The minimum absolute atomic E-state index is 0.164. The van der Waals surface area contributed by atoms with Gasteiger partial charge in [0.25, 0.3) is 5.91 Å². The highest BCUT2D eigenvalue weighted by molar-refractivity contribution is 5.98. The van der Waals surface area contributed by atoms with Crippen molar-refractivity contribution in [2.75, 3.05) is 0 Å². The summed E-state index contributed by atoms with van der Waals surface area (Å²) in [5.41, 5.74) is 11.0. The molecule has 0 bridgehead atoms. The van der Waals surface area contributed by atoms with E-state index in [0.717, 1.165) is 24.0 Å². The molecule has 0 radical (unpaired) electrons. The fourth-order valence-corrected chi connectivity index (χ4v) is 4.82. The molecule has 4 heteroatoms. The van der Waals surface area contributed by atoms with Crippen LogP contribution in [-0.2, 0) is 11.2 Å². The van der Waals surface area contributed by atoms with Crippen molar-refractivity contribution in [1.82, 2.24) is 4.90 Å². The molecule has 2 N–H and O–H groups in total. The van der Waals surface area contributed by atoms with E-state index in [1.54, 1.807) is 17.0 Å². The van der Waals surface area contributed by atoms with Gasteiger partial charge in [-0.05, 0) is 66.0 Å². The number of carbonyl (C=O) groups excluding carboxylic acids is 2. The predicted octanol–water partition coefficient (Wildman–Crippen LogP) is 4.92. The van der Waals surface area contributed by atoms with Crippen LogP contribution in [0.4, 0.5) is 0 Å². The average molecular weight is 411 g/mol. The van der Waals surface area contributed by atoms with Crippen LogP contribution in [0.15, 0.2) is 78.9 Å². The van der Waals surface area contributed by atoms with Gasteiger partial charge in [0.05, 0.1) is 6.04 Å². The molecule has 1 fully saturated rings. The Kier molecular flexibility index (Phi) is 5.06. The lowest BCUT2D eigenvalue weighted by Crippen LogP contribution is -2.43. The van der Waals surface area contributed by atoms with Crippen LogP contribution in [-0.4, -0.2) is 16.7 Å². The van der Waals surface area contributed by atoms with E-state index in [9.17, 15) is 9.59 Å². The Morgan fingerprint density at radius 3 is 2.19 bits per heavy atom. The highest BCUT2D eigenvalue weighted by Crippen LogP contribution is 2.45. The van der Waals surface area contributed by atoms with Crippen molar-refractivity contribution in [3.05, 3.63) is 107 Å². The summed E-state index contributed by atoms with van der Waals surface area (Å²) in [5.74, 6) is -0.0453. The monoisotopic (exact) mass is 410 g/mol. The Morgan fingerprint density at radius 2 is 1.55 bits per heavy atom. The van der Waals surface area contributed by atoms with Crippen LogP contribution in [0.3, 0.4) is 0 Å². The number of hydrogen-bond donors (Lipinski definition) is 1. The zero-order valence-electron chi connectivity index (χ0n) is 17.4. The first-order chi connectivity index (χ1) is 15.1. The molecule has 0 aliphatic heterocycles. The lowest BCUT2D eigenvalue weighted by Gasteiger charge is -2.36. The molecule has 3 aromatic rings. The van der Waals surface area contributed by atoms with Crippen LogP contribution in [0.25, 0.3) is 0 Å². The van der Waals surface area contributed by atoms with E-state index in [0.29, 0.717) is 11.5 Å². The second-order valence-corrected chi connectivity index (χ2v) is 8.58. The topological polar surface area (TPSA) is 63.4 Å². The molecule has 2 atom stereocenters. The van der Waals surface area contributed by atoms with Gasteiger partial charge in [0.15, 0.2) is 0 Å². The van der Waals surface area contributed by atoms with Gasteiger partial charge in [-0.3, -0.25) is 9.59 Å². The van der Waals surface area contributed by atoms with Gasteiger partial charge in [0, 0.05) is 5.56 Å². The molecule has 3 aromatic carbocycles. The van der Waals surface area contributed by atoms with Crippen molar-refractivity contribution in [2.45, 2.75) is 43.7 Å². The van der Waals surface area contributed by atoms with E-state index in [-0.39, 0.29) is 11.9 Å². The maximum atomic E-state index is 13.8. The molecule has 156 valence electrons. The summed E-state index contributed by atoms with van der Waals surface area (Å²) < 4.78 is 0. The van der Waals surface area contributed by atoms with Gasteiger partial charge in [0.2, 0.25) is 5.91 Å². The van der Waals surface area contributed by atoms with E-state index in [4.69, 9.17) is 5.73 Å². The molecule has 2 aliphatic rings. The molecular formula is C27H26N2O2. The van der Waals surface area contributed by atoms with Crippen molar-refractivity contribution in [3.63, 3.8) is 0 Å². The van der Waals surface area contributed by atoms with Gasteiger partial charge in [0.1, 0.15) is 6.04 Å².